The number of rotatable bonds is 6. The fraction of sp³-hybridized carbons (Fsp3) is 0.250. The molecule has 2 N–H and O–H groups in total. The summed E-state index contributed by atoms with van der Waals surface area (Å²) in [5.41, 5.74) is -4.61. The zero-order valence-corrected chi connectivity index (χ0v) is 16.4. The van der Waals surface area contributed by atoms with Gasteiger partial charge in [0.25, 0.3) is 5.91 Å². The fourth-order valence-electron chi connectivity index (χ4n) is 3.13. The van der Waals surface area contributed by atoms with Crippen molar-refractivity contribution in [3.05, 3.63) is 83.2 Å². The van der Waals surface area contributed by atoms with Gasteiger partial charge in [0.05, 0.1) is 23.7 Å². The highest BCUT2D eigenvalue weighted by Crippen LogP contribution is 2.32. The van der Waals surface area contributed by atoms with Crippen LogP contribution in [0.2, 0.25) is 0 Å². The van der Waals surface area contributed by atoms with Crippen LogP contribution in [0.3, 0.4) is 0 Å². The van der Waals surface area contributed by atoms with E-state index in [4.69, 9.17) is 0 Å². The first-order valence-corrected chi connectivity index (χ1v) is 9.09. The van der Waals surface area contributed by atoms with Gasteiger partial charge >= 0.3 is 6.18 Å². The molecule has 0 aliphatic carbocycles. The van der Waals surface area contributed by atoms with Crippen LogP contribution in [0.25, 0.3) is 0 Å². The van der Waals surface area contributed by atoms with E-state index in [1.165, 1.54) is 13.3 Å². The van der Waals surface area contributed by atoms with E-state index < -0.39 is 64.4 Å². The monoisotopic (exact) mass is 458 g/mol. The van der Waals surface area contributed by atoms with E-state index in [1.54, 1.807) is 0 Å². The van der Waals surface area contributed by atoms with Crippen molar-refractivity contribution in [3.63, 3.8) is 0 Å². The van der Waals surface area contributed by atoms with Gasteiger partial charge < -0.3 is 10.4 Å². The highest BCUT2D eigenvalue weighted by Gasteiger charge is 2.40. The Labute approximate surface area is 177 Å². The van der Waals surface area contributed by atoms with E-state index in [-0.39, 0.29) is 6.07 Å². The van der Waals surface area contributed by atoms with Gasteiger partial charge in [-0.15, -0.1) is 0 Å². The summed E-state index contributed by atoms with van der Waals surface area (Å²) in [5, 5.41) is 17.4. The third-order valence-corrected chi connectivity index (χ3v) is 4.87. The molecule has 0 spiro atoms. The summed E-state index contributed by atoms with van der Waals surface area (Å²) in [6, 6.07) is 2.42. The molecule has 1 heterocycles. The molecule has 32 heavy (non-hydrogen) atoms. The number of benzene rings is 2. The summed E-state index contributed by atoms with van der Waals surface area (Å²) < 4.78 is 81.3. The van der Waals surface area contributed by atoms with Crippen LogP contribution >= 0.6 is 0 Å². The lowest BCUT2D eigenvalue weighted by Crippen LogP contribution is -2.52. The molecule has 12 heteroatoms. The Kier molecular flexibility index (Phi) is 6.26. The normalized spacial score (nSPS) is 14.6. The Bertz CT molecular complexity index is 1120. The number of aromatic nitrogens is 3. The van der Waals surface area contributed by atoms with Crippen molar-refractivity contribution in [1.29, 1.82) is 0 Å². The van der Waals surface area contributed by atoms with Gasteiger partial charge in [-0.3, -0.25) is 4.79 Å². The standard InChI is InChI=1S/C20H16F6N4O2/c1-11(29-18(31)14-4-2-12(6-16(14)22)20(24,25)26)19(32,8-30-10-27-9-28-30)15-5-3-13(21)7-17(15)23/h2-7,9-11,32H,8H2,1H3,(H,29,31). The maximum atomic E-state index is 14.5. The molecule has 3 aromatic rings. The number of hydrogen-bond acceptors (Lipinski definition) is 4. The molecule has 0 aliphatic rings. The third-order valence-electron chi connectivity index (χ3n) is 4.87. The molecule has 0 saturated heterocycles. The van der Waals surface area contributed by atoms with Gasteiger partial charge in [-0.1, -0.05) is 6.07 Å². The summed E-state index contributed by atoms with van der Waals surface area (Å²) in [6.07, 6.45) is -2.46. The van der Waals surface area contributed by atoms with E-state index in [1.807, 2.05) is 0 Å². The highest BCUT2D eigenvalue weighted by molar-refractivity contribution is 5.94. The number of alkyl halides is 3. The first kappa shape index (κ1) is 23.3. The first-order chi connectivity index (χ1) is 14.9. The number of carbonyl (C=O) groups excluding carboxylic acids is 1. The molecule has 2 unspecified atom stereocenters. The number of nitrogens with zero attached hydrogens (tertiary/aromatic N) is 3. The minimum absolute atomic E-state index is 0.167. The largest absolute Gasteiger partial charge is 0.416 e. The zero-order chi connectivity index (χ0) is 23.7. The SMILES string of the molecule is CC(NC(=O)c1ccc(C(F)(F)F)cc1F)C(O)(Cn1cncn1)c1ccc(F)cc1F. The van der Waals surface area contributed by atoms with Crippen LogP contribution in [-0.2, 0) is 18.3 Å². The summed E-state index contributed by atoms with van der Waals surface area (Å²) in [6.45, 7) is 0.826. The minimum atomic E-state index is -4.80. The van der Waals surface area contributed by atoms with Crippen molar-refractivity contribution in [1.82, 2.24) is 20.1 Å². The Morgan fingerprint density at radius 1 is 1.12 bits per heavy atom. The summed E-state index contributed by atoms with van der Waals surface area (Å²) >= 11 is 0. The molecular formula is C20H16F6N4O2. The Morgan fingerprint density at radius 2 is 1.84 bits per heavy atom. The highest BCUT2D eigenvalue weighted by atomic mass is 19.4. The van der Waals surface area contributed by atoms with Crippen LogP contribution in [0.15, 0.2) is 49.1 Å². The lowest BCUT2D eigenvalue weighted by Gasteiger charge is -2.35. The van der Waals surface area contributed by atoms with Crippen molar-refractivity contribution in [2.75, 3.05) is 0 Å². The molecule has 1 aromatic heterocycles. The molecule has 0 radical (unpaired) electrons. The molecule has 170 valence electrons. The van der Waals surface area contributed by atoms with Crippen LogP contribution in [0.4, 0.5) is 26.3 Å². The van der Waals surface area contributed by atoms with E-state index in [0.29, 0.717) is 18.2 Å². The predicted octanol–water partition coefficient (Wildman–Crippen LogP) is 3.42. The average molecular weight is 458 g/mol. The Hall–Kier alpha value is -3.41. The van der Waals surface area contributed by atoms with E-state index in [2.05, 4.69) is 15.4 Å². The molecule has 2 atom stereocenters. The van der Waals surface area contributed by atoms with Crippen LogP contribution in [0, 0.1) is 17.5 Å². The van der Waals surface area contributed by atoms with Crippen molar-refractivity contribution in [3.8, 4) is 0 Å². The summed E-state index contributed by atoms with van der Waals surface area (Å²) in [4.78, 5) is 16.2. The van der Waals surface area contributed by atoms with E-state index in [9.17, 15) is 36.2 Å². The molecule has 0 bridgehead atoms. The quantitative estimate of drug-likeness (QED) is 0.555. The van der Waals surface area contributed by atoms with Gasteiger partial charge in [0.2, 0.25) is 0 Å². The van der Waals surface area contributed by atoms with E-state index in [0.717, 1.165) is 23.1 Å². The lowest BCUT2D eigenvalue weighted by atomic mass is 9.86. The Morgan fingerprint density at radius 3 is 2.41 bits per heavy atom. The maximum Gasteiger partial charge on any atom is 0.416 e. The van der Waals surface area contributed by atoms with Crippen molar-refractivity contribution in [2.45, 2.75) is 31.3 Å². The molecule has 2 aromatic carbocycles. The lowest BCUT2D eigenvalue weighted by molar-refractivity contribution is -0.137. The molecular weight excluding hydrogens is 442 g/mol. The van der Waals surface area contributed by atoms with Gasteiger partial charge in [-0.2, -0.15) is 18.3 Å². The third kappa shape index (κ3) is 4.74. The summed E-state index contributed by atoms with van der Waals surface area (Å²) in [7, 11) is 0. The van der Waals surface area contributed by atoms with Crippen molar-refractivity contribution >= 4 is 5.91 Å². The molecule has 0 aliphatic heterocycles. The summed E-state index contributed by atoms with van der Waals surface area (Å²) in [5.74, 6) is -4.60. The van der Waals surface area contributed by atoms with Crippen molar-refractivity contribution < 1.29 is 36.2 Å². The molecule has 6 nitrogen and oxygen atoms in total. The second-order valence-electron chi connectivity index (χ2n) is 7.03. The molecule has 0 saturated carbocycles. The van der Waals surface area contributed by atoms with Crippen LogP contribution in [0.1, 0.15) is 28.4 Å². The number of nitrogens with one attached hydrogen (secondary N) is 1. The zero-order valence-electron chi connectivity index (χ0n) is 16.4. The predicted molar refractivity (Wildman–Crippen MR) is 98.6 cm³/mol. The number of amides is 1. The second-order valence-corrected chi connectivity index (χ2v) is 7.03. The smallest absolute Gasteiger partial charge is 0.381 e. The number of hydrogen-bond donors (Lipinski definition) is 2. The maximum absolute atomic E-state index is 14.5. The van der Waals surface area contributed by atoms with Crippen LogP contribution in [0.5, 0.6) is 0 Å². The van der Waals surface area contributed by atoms with Gasteiger partial charge in [0.15, 0.2) is 0 Å². The number of aliphatic hydroxyl groups is 1. The average Bonchev–Trinajstić information content (AvgIpc) is 3.19. The molecule has 1 amide bonds. The molecule has 0 fully saturated rings. The van der Waals surface area contributed by atoms with Gasteiger partial charge in [-0.25, -0.2) is 22.8 Å². The van der Waals surface area contributed by atoms with E-state index >= 15 is 0 Å². The van der Waals surface area contributed by atoms with Gasteiger partial charge in [0.1, 0.15) is 35.7 Å². The second kappa shape index (κ2) is 8.61. The van der Waals surface area contributed by atoms with Gasteiger partial charge in [0, 0.05) is 11.6 Å². The van der Waals surface area contributed by atoms with Crippen molar-refractivity contribution in [2.24, 2.45) is 0 Å². The topological polar surface area (TPSA) is 80.0 Å². The number of carbonyl (C=O) groups is 1. The van der Waals surface area contributed by atoms with Gasteiger partial charge in [-0.05, 0) is 31.2 Å². The van der Waals surface area contributed by atoms with Crippen LogP contribution in [-0.4, -0.2) is 31.8 Å². The minimum Gasteiger partial charge on any atom is -0.381 e. The fourth-order valence-corrected chi connectivity index (χ4v) is 3.13. The Balaban J connectivity index is 1.93. The van der Waals surface area contributed by atoms with Crippen LogP contribution < -0.4 is 5.32 Å². The molecule has 3 rings (SSSR count). The number of halogens is 6. The first-order valence-electron chi connectivity index (χ1n) is 9.09.